The molecule has 0 saturated carbocycles. The first-order valence-corrected chi connectivity index (χ1v) is 11.1. The molecule has 1 N–H and O–H groups in total. The van der Waals surface area contributed by atoms with E-state index in [-0.39, 0.29) is 5.91 Å². The van der Waals surface area contributed by atoms with Gasteiger partial charge in [0.1, 0.15) is 5.75 Å². The number of carbonyl (C=O) groups excluding carboxylic acids is 1. The number of benzene rings is 2. The Morgan fingerprint density at radius 3 is 2.89 bits per heavy atom. The zero-order valence-corrected chi connectivity index (χ0v) is 17.3. The van der Waals surface area contributed by atoms with Crippen LogP contribution >= 0.6 is 34.4 Å². The van der Waals surface area contributed by atoms with Gasteiger partial charge in [-0.3, -0.25) is 4.79 Å². The Balaban J connectivity index is 1.41. The molecule has 2 heterocycles. The molecule has 2 aromatic heterocycles. The van der Waals surface area contributed by atoms with Crippen LogP contribution < -0.4 is 10.1 Å². The fourth-order valence-electron chi connectivity index (χ4n) is 2.62. The third-order valence-electron chi connectivity index (χ3n) is 3.85. The summed E-state index contributed by atoms with van der Waals surface area (Å²) in [7, 11) is 0. The number of aromatic nitrogens is 2. The third kappa shape index (κ3) is 4.07. The Labute approximate surface area is 168 Å². The lowest BCUT2D eigenvalue weighted by molar-refractivity contribution is -0.113. The number of carbonyl (C=O) groups is 1. The number of hydrogen-bond donors (Lipinski definition) is 1. The molecule has 8 heteroatoms. The highest BCUT2D eigenvalue weighted by Gasteiger charge is 2.12. The number of anilines is 1. The highest BCUT2D eigenvalue weighted by atomic mass is 32.2. The molecule has 0 bridgehead atoms. The van der Waals surface area contributed by atoms with E-state index >= 15 is 0 Å². The number of nitrogens with one attached hydrogen (secondary N) is 1. The highest BCUT2D eigenvalue weighted by molar-refractivity contribution is 8.01. The summed E-state index contributed by atoms with van der Waals surface area (Å²) in [6.45, 7) is 4.62. The van der Waals surface area contributed by atoms with E-state index in [9.17, 15) is 4.79 Å². The molecular formula is C19H17N3O2S3. The minimum atomic E-state index is -0.0778. The zero-order chi connectivity index (χ0) is 18.8. The molecule has 4 aromatic rings. The average molecular weight is 416 g/mol. The van der Waals surface area contributed by atoms with Gasteiger partial charge in [0.15, 0.2) is 9.47 Å². The fourth-order valence-corrected chi connectivity index (χ4v) is 5.48. The summed E-state index contributed by atoms with van der Waals surface area (Å²) < 4.78 is 8.53. The van der Waals surface area contributed by atoms with Crippen molar-refractivity contribution in [1.82, 2.24) is 9.97 Å². The smallest absolute Gasteiger partial charge is 0.236 e. The lowest BCUT2D eigenvalue weighted by Crippen LogP contribution is -2.13. The Bertz CT molecular complexity index is 1120. The summed E-state index contributed by atoms with van der Waals surface area (Å²) in [5, 5.41) is 3.53. The second kappa shape index (κ2) is 7.84. The molecule has 0 aliphatic rings. The summed E-state index contributed by atoms with van der Waals surface area (Å²) in [5.41, 5.74) is 2.98. The molecule has 0 radical (unpaired) electrons. The van der Waals surface area contributed by atoms with Gasteiger partial charge >= 0.3 is 0 Å². The quantitative estimate of drug-likeness (QED) is 0.430. The number of rotatable bonds is 6. The van der Waals surface area contributed by atoms with Crippen LogP contribution in [0.4, 0.5) is 5.13 Å². The van der Waals surface area contributed by atoms with Crippen molar-refractivity contribution in [2.24, 2.45) is 0 Å². The van der Waals surface area contributed by atoms with E-state index in [1.54, 1.807) is 11.3 Å². The first-order chi connectivity index (χ1) is 13.1. The number of ether oxygens (including phenoxy) is 1. The Morgan fingerprint density at radius 2 is 2.07 bits per heavy atom. The molecule has 0 saturated heterocycles. The van der Waals surface area contributed by atoms with Crippen LogP contribution in [0.15, 0.2) is 40.7 Å². The molecule has 0 atom stereocenters. The summed E-state index contributed by atoms with van der Waals surface area (Å²) in [6.07, 6.45) is 0. The van der Waals surface area contributed by atoms with Gasteiger partial charge in [-0.15, -0.1) is 11.3 Å². The molecule has 2 aromatic carbocycles. The standard InChI is InChI=1S/C19H17N3O2S3/c1-3-24-12-7-8-13-15(9-12)27-19(20-13)25-10-16(23)21-18-22-17-11(2)5-4-6-14(17)26-18/h4-9H,3,10H2,1-2H3,(H,21,22,23). The normalized spacial score (nSPS) is 11.2. The number of para-hydroxylation sites is 1. The maximum absolute atomic E-state index is 12.3. The number of thioether (sulfide) groups is 1. The van der Waals surface area contributed by atoms with Crippen molar-refractivity contribution in [2.75, 3.05) is 17.7 Å². The van der Waals surface area contributed by atoms with Crippen molar-refractivity contribution in [1.29, 1.82) is 0 Å². The molecule has 138 valence electrons. The van der Waals surface area contributed by atoms with Gasteiger partial charge in [0.05, 0.1) is 32.8 Å². The summed E-state index contributed by atoms with van der Waals surface area (Å²) >= 11 is 4.50. The number of amides is 1. The fraction of sp³-hybridized carbons (Fsp3) is 0.211. The van der Waals surface area contributed by atoms with E-state index in [1.165, 1.54) is 23.1 Å². The molecule has 27 heavy (non-hydrogen) atoms. The van der Waals surface area contributed by atoms with E-state index in [0.717, 1.165) is 36.1 Å². The van der Waals surface area contributed by atoms with Crippen LogP contribution in [-0.2, 0) is 4.79 Å². The summed E-state index contributed by atoms with van der Waals surface area (Å²) in [5.74, 6) is 1.06. The maximum atomic E-state index is 12.3. The third-order valence-corrected chi connectivity index (χ3v) is 6.94. The van der Waals surface area contributed by atoms with Crippen LogP contribution in [0.5, 0.6) is 5.75 Å². The Hall–Kier alpha value is -2.16. The number of hydrogen-bond acceptors (Lipinski definition) is 7. The van der Waals surface area contributed by atoms with Crippen molar-refractivity contribution < 1.29 is 9.53 Å². The molecular weight excluding hydrogens is 398 g/mol. The number of aryl methyl sites for hydroxylation is 1. The number of thiazole rings is 2. The molecule has 0 spiro atoms. The van der Waals surface area contributed by atoms with Crippen molar-refractivity contribution in [3.8, 4) is 5.75 Å². The molecule has 0 aliphatic carbocycles. The molecule has 1 amide bonds. The van der Waals surface area contributed by atoms with Crippen LogP contribution in [-0.4, -0.2) is 28.2 Å². The molecule has 0 unspecified atom stereocenters. The molecule has 0 aliphatic heterocycles. The van der Waals surface area contributed by atoms with Gasteiger partial charge in [0.25, 0.3) is 0 Å². The number of nitrogens with zero attached hydrogens (tertiary/aromatic N) is 2. The predicted molar refractivity (Wildman–Crippen MR) is 114 cm³/mol. The average Bonchev–Trinajstić information content (AvgIpc) is 3.24. The zero-order valence-electron chi connectivity index (χ0n) is 14.8. The van der Waals surface area contributed by atoms with Crippen LogP contribution in [0.1, 0.15) is 12.5 Å². The Kier molecular flexibility index (Phi) is 5.29. The minimum absolute atomic E-state index is 0.0778. The largest absolute Gasteiger partial charge is 0.494 e. The predicted octanol–water partition coefficient (Wildman–Crippen LogP) is 5.34. The second-order valence-electron chi connectivity index (χ2n) is 5.82. The SMILES string of the molecule is CCOc1ccc2nc(SCC(=O)Nc3nc4c(C)cccc4s3)sc2c1. The van der Waals surface area contributed by atoms with Gasteiger partial charge in [-0.25, -0.2) is 9.97 Å². The topological polar surface area (TPSA) is 64.1 Å². The Morgan fingerprint density at radius 1 is 1.19 bits per heavy atom. The summed E-state index contributed by atoms with van der Waals surface area (Å²) in [4.78, 5) is 21.4. The van der Waals surface area contributed by atoms with Gasteiger partial charge in [-0.1, -0.05) is 35.2 Å². The van der Waals surface area contributed by atoms with Crippen LogP contribution in [0.3, 0.4) is 0 Å². The van der Waals surface area contributed by atoms with Gasteiger partial charge in [-0.2, -0.15) is 0 Å². The maximum Gasteiger partial charge on any atom is 0.236 e. The van der Waals surface area contributed by atoms with Crippen LogP contribution in [0.25, 0.3) is 20.4 Å². The first kappa shape index (κ1) is 18.2. The first-order valence-electron chi connectivity index (χ1n) is 8.44. The lowest BCUT2D eigenvalue weighted by Gasteiger charge is -2.00. The second-order valence-corrected chi connectivity index (χ2v) is 9.10. The van der Waals surface area contributed by atoms with Gasteiger partial charge in [0, 0.05) is 0 Å². The van der Waals surface area contributed by atoms with Gasteiger partial charge < -0.3 is 10.1 Å². The van der Waals surface area contributed by atoms with E-state index in [2.05, 4.69) is 15.3 Å². The lowest BCUT2D eigenvalue weighted by atomic mass is 10.2. The van der Waals surface area contributed by atoms with Crippen molar-refractivity contribution >= 4 is 65.9 Å². The molecule has 5 nitrogen and oxygen atoms in total. The van der Waals surface area contributed by atoms with Crippen LogP contribution in [0.2, 0.25) is 0 Å². The highest BCUT2D eigenvalue weighted by Crippen LogP contribution is 2.32. The van der Waals surface area contributed by atoms with Gasteiger partial charge in [-0.05, 0) is 43.7 Å². The monoisotopic (exact) mass is 415 g/mol. The van der Waals surface area contributed by atoms with Gasteiger partial charge in [0.2, 0.25) is 5.91 Å². The summed E-state index contributed by atoms with van der Waals surface area (Å²) in [6, 6.07) is 11.9. The number of fused-ring (bicyclic) bond motifs is 2. The van der Waals surface area contributed by atoms with E-state index in [4.69, 9.17) is 4.74 Å². The van der Waals surface area contributed by atoms with Crippen LogP contribution in [0, 0.1) is 6.92 Å². The van der Waals surface area contributed by atoms with E-state index in [0.29, 0.717) is 17.5 Å². The van der Waals surface area contributed by atoms with Crippen molar-refractivity contribution in [3.05, 3.63) is 42.0 Å². The van der Waals surface area contributed by atoms with Crippen molar-refractivity contribution in [3.63, 3.8) is 0 Å². The van der Waals surface area contributed by atoms with E-state index < -0.39 is 0 Å². The van der Waals surface area contributed by atoms with E-state index in [1.807, 2.05) is 50.2 Å². The molecule has 4 rings (SSSR count). The molecule has 0 fully saturated rings. The van der Waals surface area contributed by atoms with Crippen molar-refractivity contribution in [2.45, 2.75) is 18.2 Å². The minimum Gasteiger partial charge on any atom is -0.494 e.